The second-order valence-corrected chi connectivity index (χ2v) is 11.8. The van der Waals surface area contributed by atoms with Crippen molar-refractivity contribution in [2.45, 2.75) is 51.5 Å². The van der Waals surface area contributed by atoms with Crippen LogP contribution in [0.25, 0.3) is 0 Å². The van der Waals surface area contributed by atoms with Crippen LogP contribution < -0.4 is 15.8 Å². The Morgan fingerprint density at radius 3 is 2.40 bits per heavy atom. The van der Waals surface area contributed by atoms with Gasteiger partial charge < -0.3 is 10.6 Å². The van der Waals surface area contributed by atoms with Gasteiger partial charge in [-0.25, -0.2) is 0 Å². The van der Waals surface area contributed by atoms with Gasteiger partial charge in [0, 0.05) is 25.6 Å². The molecular formula is C16H26N2OSi. The molecule has 0 atom stereocenters. The lowest BCUT2D eigenvalue weighted by molar-refractivity contribution is -0.121. The van der Waals surface area contributed by atoms with E-state index in [1.54, 1.807) is 0 Å². The number of hydrogen-bond donors (Lipinski definition) is 2. The SMILES string of the molecule is C[Si](C)(C)c1ccc(CNCCC(=O)NC2CC2)cc1. The van der Waals surface area contributed by atoms with Crippen LogP contribution in [-0.2, 0) is 11.3 Å². The van der Waals surface area contributed by atoms with E-state index in [0.29, 0.717) is 12.5 Å². The van der Waals surface area contributed by atoms with Gasteiger partial charge >= 0.3 is 0 Å². The highest BCUT2D eigenvalue weighted by Crippen LogP contribution is 2.18. The van der Waals surface area contributed by atoms with Crippen molar-refractivity contribution in [2.24, 2.45) is 0 Å². The zero-order valence-corrected chi connectivity index (χ0v) is 13.8. The summed E-state index contributed by atoms with van der Waals surface area (Å²) >= 11 is 0. The van der Waals surface area contributed by atoms with Crippen molar-refractivity contribution in [1.82, 2.24) is 10.6 Å². The molecule has 1 aliphatic rings. The molecule has 1 aromatic carbocycles. The van der Waals surface area contributed by atoms with Crippen molar-refractivity contribution >= 4 is 19.2 Å². The maximum atomic E-state index is 11.5. The van der Waals surface area contributed by atoms with Crippen molar-refractivity contribution < 1.29 is 4.79 Å². The molecule has 1 fully saturated rings. The van der Waals surface area contributed by atoms with Crippen molar-refractivity contribution in [1.29, 1.82) is 0 Å². The minimum absolute atomic E-state index is 0.175. The highest BCUT2D eigenvalue weighted by Gasteiger charge is 2.22. The first-order valence-electron chi connectivity index (χ1n) is 7.54. The topological polar surface area (TPSA) is 41.1 Å². The zero-order chi connectivity index (χ0) is 14.6. The lowest BCUT2D eigenvalue weighted by Gasteiger charge is -2.16. The fourth-order valence-corrected chi connectivity index (χ4v) is 3.25. The van der Waals surface area contributed by atoms with Crippen molar-refractivity contribution in [2.75, 3.05) is 6.54 Å². The fraction of sp³-hybridized carbons (Fsp3) is 0.562. The maximum Gasteiger partial charge on any atom is 0.221 e. The first-order chi connectivity index (χ1) is 9.45. The summed E-state index contributed by atoms with van der Waals surface area (Å²) in [6.07, 6.45) is 2.88. The van der Waals surface area contributed by atoms with Gasteiger partial charge in [0.05, 0.1) is 8.07 Å². The number of benzene rings is 1. The van der Waals surface area contributed by atoms with Crippen LogP contribution in [0.3, 0.4) is 0 Å². The molecular weight excluding hydrogens is 264 g/mol. The van der Waals surface area contributed by atoms with Gasteiger partial charge in [-0.3, -0.25) is 4.79 Å². The van der Waals surface area contributed by atoms with E-state index in [0.717, 1.165) is 25.9 Å². The number of rotatable bonds is 7. The average Bonchev–Trinajstić information content (AvgIpc) is 3.18. The largest absolute Gasteiger partial charge is 0.353 e. The standard InChI is InChI=1S/C16H26N2OSi/c1-20(2,3)15-8-4-13(5-9-15)12-17-11-10-16(19)18-14-6-7-14/h4-5,8-9,14,17H,6-7,10-12H2,1-3H3,(H,18,19). The summed E-state index contributed by atoms with van der Waals surface area (Å²) in [5.74, 6) is 0.175. The van der Waals surface area contributed by atoms with E-state index in [9.17, 15) is 4.79 Å². The Labute approximate surface area is 123 Å². The Bertz CT molecular complexity index is 447. The second kappa shape index (κ2) is 6.55. The van der Waals surface area contributed by atoms with Crippen LogP contribution in [0.1, 0.15) is 24.8 Å². The Kier molecular flexibility index (Phi) is 4.99. The van der Waals surface area contributed by atoms with Gasteiger partial charge in [0.1, 0.15) is 0 Å². The molecule has 0 saturated heterocycles. The highest BCUT2D eigenvalue weighted by atomic mass is 28.3. The summed E-state index contributed by atoms with van der Waals surface area (Å²) in [6.45, 7) is 8.66. The molecule has 20 heavy (non-hydrogen) atoms. The van der Waals surface area contributed by atoms with Crippen molar-refractivity contribution in [3.05, 3.63) is 29.8 Å². The van der Waals surface area contributed by atoms with Crippen molar-refractivity contribution in [3.63, 3.8) is 0 Å². The third kappa shape index (κ3) is 5.10. The number of carbonyl (C=O) groups is 1. The van der Waals surface area contributed by atoms with Gasteiger partial charge in [-0.05, 0) is 18.4 Å². The molecule has 3 nitrogen and oxygen atoms in total. The Hall–Kier alpha value is -1.13. The Balaban J connectivity index is 1.67. The summed E-state index contributed by atoms with van der Waals surface area (Å²) in [5, 5.41) is 7.83. The Morgan fingerprint density at radius 2 is 1.85 bits per heavy atom. The molecule has 0 spiro atoms. The first-order valence-corrected chi connectivity index (χ1v) is 11.0. The monoisotopic (exact) mass is 290 g/mol. The molecule has 0 aromatic heterocycles. The quantitative estimate of drug-likeness (QED) is 0.595. The number of hydrogen-bond acceptors (Lipinski definition) is 2. The molecule has 1 amide bonds. The van der Waals surface area contributed by atoms with Gasteiger partial charge in [-0.15, -0.1) is 0 Å². The molecule has 0 bridgehead atoms. The molecule has 0 heterocycles. The van der Waals surface area contributed by atoms with E-state index in [2.05, 4.69) is 54.5 Å². The van der Waals surface area contributed by atoms with Crippen LogP contribution >= 0.6 is 0 Å². The number of carbonyl (C=O) groups excluding carboxylic acids is 1. The minimum Gasteiger partial charge on any atom is -0.353 e. The Morgan fingerprint density at radius 1 is 1.20 bits per heavy atom. The van der Waals surface area contributed by atoms with Gasteiger partial charge in [0.15, 0.2) is 0 Å². The van der Waals surface area contributed by atoms with Crippen LogP contribution in [0.4, 0.5) is 0 Å². The van der Waals surface area contributed by atoms with E-state index in [1.165, 1.54) is 10.8 Å². The molecule has 4 heteroatoms. The smallest absolute Gasteiger partial charge is 0.221 e. The van der Waals surface area contributed by atoms with E-state index in [1.807, 2.05) is 0 Å². The van der Waals surface area contributed by atoms with Crippen LogP contribution in [0.2, 0.25) is 19.6 Å². The van der Waals surface area contributed by atoms with E-state index >= 15 is 0 Å². The van der Waals surface area contributed by atoms with Gasteiger partial charge in [-0.1, -0.05) is 49.1 Å². The number of nitrogens with one attached hydrogen (secondary N) is 2. The normalized spacial score (nSPS) is 15.2. The van der Waals surface area contributed by atoms with E-state index in [-0.39, 0.29) is 5.91 Å². The summed E-state index contributed by atoms with van der Waals surface area (Å²) in [5.41, 5.74) is 1.29. The van der Waals surface area contributed by atoms with Crippen LogP contribution in [0.5, 0.6) is 0 Å². The summed E-state index contributed by atoms with van der Waals surface area (Å²) < 4.78 is 0. The third-order valence-corrected chi connectivity index (χ3v) is 5.69. The fourth-order valence-electron chi connectivity index (χ4n) is 2.08. The second-order valence-electron chi connectivity index (χ2n) is 6.72. The highest BCUT2D eigenvalue weighted by molar-refractivity contribution is 6.88. The van der Waals surface area contributed by atoms with Crippen LogP contribution in [0, 0.1) is 0 Å². The molecule has 110 valence electrons. The van der Waals surface area contributed by atoms with E-state index < -0.39 is 8.07 Å². The third-order valence-electron chi connectivity index (χ3n) is 3.62. The lowest BCUT2D eigenvalue weighted by Crippen LogP contribution is -2.37. The van der Waals surface area contributed by atoms with E-state index in [4.69, 9.17) is 0 Å². The van der Waals surface area contributed by atoms with Gasteiger partial charge in [0.25, 0.3) is 0 Å². The van der Waals surface area contributed by atoms with Crippen molar-refractivity contribution in [3.8, 4) is 0 Å². The summed E-state index contributed by atoms with van der Waals surface area (Å²) in [7, 11) is -1.19. The predicted octanol–water partition coefficient (Wildman–Crippen LogP) is 1.99. The van der Waals surface area contributed by atoms with Gasteiger partial charge in [0.2, 0.25) is 5.91 Å². The predicted molar refractivity (Wildman–Crippen MR) is 86.9 cm³/mol. The van der Waals surface area contributed by atoms with Gasteiger partial charge in [-0.2, -0.15) is 0 Å². The molecule has 1 saturated carbocycles. The lowest BCUT2D eigenvalue weighted by atomic mass is 10.2. The maximum absolute atomic E-state index is 11.5. The average molecular weight is 290 g/mol. The zero-order valence-electron chi connectivity index (χ0n) is 12.8. The summed E-state index contributed by atoms with van der Waals surface area (Å²) in [6, 6.07) is 9.37. The van der Waals surface area contributed by atoms with Crippen LogP contribution in [0.15, 0.2) is 24.3 Å². The molecule has 0 radical (unpaired) electrons. The molecule has 2 N–H and O–H groups in total. The summed E-state index contributed by atoms with van der Waals surface area (Å²) in [4.78, 5) is 11.5. The molecule has 0 aliphatic heterocycles. The minimum atomic E-state index is -1.19. The molecule has 1 aliphatic carbocycles. The molecule has 1 aromatic rings. The molecule has 0 unspecified atom stereocenters. The molecule has 2 rings (SSSR count). The van der Waals surface area contributed by atoms with Crippen LogP contribution in [-0.4, -0.2) is 26.6 Å². The number of amides is 1. The first kappa shape index (κ1) is 15.3.